The number of fused-ring (bicyclic) bond motifs is 1. The van der Waals surface area contributed by atoms with Crippen molar-refractivity contribution < 1.29 is 4.79 Å². The lowest BCUT2D eigenvalue weighted by molar-refractivity contribution is -0.134. The predicted octanol–water partition coefficient (Wildman–Crippen LogP) is 4.13. The van der Waals surface area contributed by atoms with Gasteiger partial charge in [-0.1, -0.05) is 42.5 Å². The lowest BCUT2D eigenvalue weighted by Crippen LogP contribution is -2.45. The van der Waals surface area contributed by atoms with E-state index in [0.29, 0.717) is 18.9 Å². The second kappa shape index (κ2) is 7.95. The Labute approximate surface area is 160 Å². The van der Waals surface area contributed by atoms with Crippen LogP contribution in [0, 0.1) is 0 Å². The van der Waals surface area contributed by atoms with E-state index >= 15 is 0 Å². The third kappa shape index (κ3) is 3.90. The number of aryl methyl sites for hydroxylation is 2. The molecule has 27 heavy (non-hydrogen) atoms. The summed E-state index contributed by atoms with van der Waals surface area (Å²) < 4.78 is 2.11. The van der Waals surface area contributed by atoms with Gasteiger partial charge >= 0.3 is 0 Å². The van der Waals surface area contributed by atoms with Crippen LogP contribution in [0.25, 0.3) is 11.0 Å². The number of nitrogens with zero attached hydrogens (tertiary/aromatic N) is 3. The molecule has 1 atom stereocenters. The zero-order valence-electron chi connectivity index (χ0n) is 16.0. The number of carbonyl (C=O) groups excluding carboxylic acids is 1. The summed E-state index contributed by atoms with van der Waals surface area (Å²) in [5, 5.41) is 0. The van der Waals surface area contributed by atoms with E-state index in [1.165, 1.54) is 12.0 Å². The molecule has 4 rings (SSSR count). The molecule has 1 fully saturated rings. The topological polar surface area (TPSA) is 38.1 Å². The molecule has 1 saturated heterocycles. The average molecular weight is 361 g/mol. The quantitative estimate of drug-likeness (QED) is 0.685. The fourth-order valence-electron chi connectivity index (χ4n) is 4.21. The number of benzene rings is 2. The van der Waals surface area contributed by atoms with Crippen molar-refractivity contribution in [3.8, 4) is 0 Å². The molecule has 3 aromatic rings. The number of para-hydroxylation sites is 2. The molecule has 2 heterocycles. The van der Waals surface area contributed by atoms with Crippen LogP contribution in [0.3, 0.4) is 0 Å². The average Bonchev–Trinajstić information content (AvgIpc) is 3.03. The molecule has 4 heteroatoms. The number of amides is 1. The van der Waals surface area contributed by atoms with Gasteiger partial charge in [-0.15, -0.1) is 0 Å². The van der Waals surface area contributed by atoms with Crippen LogP contribution in [0.15, 0.2) is 54.6 Å². The van der Waals surface area contributed by atoms with Gasteiger partial charge in [0.25, 0.3) is 0 Å². The van der Waals surface area contributed by atoms with Crippen molar-refractivity contribution >= 4 is 16.9 Å². The van der Waals surface area contributed by atoms with E-state index in [-0.39, 0.29) is 5.91 Å². The second-order valence-corrected chi connectivity index (χ2v) is 7.50. The summed E-state index contributed by atoms with van der Waals surface area (Å²) in [7, 11) is 2.04. The highest BCUT2D eigenvalue weighted by Gasteiger charge is 2.26. The second-order valence-electron chi connectivity index (χ2n) is 7.50. The molecule has 0 spiro atoms. The number of aromatic nitrogens is 2. The minimum Gasteiger partial charge on any atom is -0.339 e. The molecule has 140 valence electrons. The highest BCUT2D eigenvalue weighted by molar-refractivity contribution is 5.78. The molecule has 1 aliphatic rings. The van der Waals surface area contributed by atoms with Crippen LogP contribution in [0.5, 0.6) is 0 Å². The summed E-state index contributed by atoms with van der Waals surface area (Å²) >= 11 is 0. The predicted molar refractivity (Wildman–Crippen MR) is 109 cm³/mol. The molecule has 1 unspecified atom stereocenters. The van der Waals surface area contributed by atoms with E-state index in [0.717, 1.165) is 42.7 Å². The van der Waals surface area contributed by atoms with Crippen LogP contribution in [0.4, 0.5) is 0 Å². The van der Waals surface area contributed by atoms with Crippen molar-refractivity contribution in [3.05, 3.63) is 66.0 Å². The van der Waals surface area contributed by atoms with Crippen LogP contribution < -0.4 is 0 Å². The Balaban J connectivity index is 1.43. The van der Waals surface area contributed by atoms with Crippen molar-refractivity contribution in [2.24, 2.45) is 7.05 Å². The van der Waals surface area contributed by atoms with Gasteiger partial charge < -0.3 is 9.47 Å². The van der Waals surface area contributed by atoms with Crippen molar-refractivity contribution in [2.75, 3.05) is 6.54 Å². The van der Waals surface area contributed by atoms with Gasteiger partial charge in [0.1, 0.15) is 5.82 Å². The van der Waals surface area contributed by atoms with E-state index in [9.17, 15) is 4.79 Å². The fourth-order valence-corrected chi connectivity index (χ4v) is 4.21. The van der Waals surface area contributed by atoms with Crippen molar-refractivity contribution in [2.45, 2.75) is 44.6 Å². The summed E-state index contributed by atoms with van der Waals surface area (Å²) in [6.45, 7) is 0.888. The number of hydrogen-bond donors (Lipinski definition) is 0. The lowest BCUT2D eigenvalue weighted by Gasteiger charge is -2.36. The molecule has 0 N–H and O–H groups in total. The Kier molecular flexibility index (Phi) is 5.23. The molecule has 0 aliphatic carbocycles. The Morgan fingerprint density at radius 2 is 1.85 bits per heavy atom. The van der Waals surface area contributed by atoms with Gasteiger partial charge in [-0.3, -0.25) is 4.79 Å². The van der Waals surface area contributed by atoms with Crippen LogP contribution in [-0.4, -0.2) is 32.9 Å². The monoisotopic (exact) mass is 361 g/mol. The van der Waals surface area contributed by atoms with Crippen LogP contribution in [0.1, 0.15) is 37.1 Å². The first-order valence-electron chi connectivity index (χ1n) is 9.96. The maximum absolute atomic E-state index is 13.0. The van der Waals surface area contributed by atoms with Gasteiger partial charge in [-0.05, 0) is 43.4 Å². The number of hydrogen-bond acceptors (Lipinski definition) is 2. The highest BCUT2D eigenvalue weighted by atomic mass is 16.2. The van der Waals surface area contributed by atoms with Gasteiger partial charge in [0, 0.05) is 32.5 Å². The zero-order chi connectivity index (χ0) is 18.6. The van der Waals surface area contributed by atoms with E-state index in [1.807, 2.05) is 31.3 Å². The lowest BCUT2D eigenvalue weighted by atomic mass is 9.95. The summed E-state index contributed by atoms with van der Waals surface area (Å²) in [5.41, 5.74) is 3.44. The van der Waals surface area contributed by atoms with Gasteiger partial charge in [0.05, 0.1) is 11.0 Å². The molecule has 0 saturated carbocycles. The number of likely N-dealkylation sites (tertiary alicyclic amines) is 1. The molecular formula is C23H27N3O. The Bertz CT molecular complexity index is 916. The SMILES string of the molecule is Cn1c(CCC(=O)N2CCCCC2Cc2ccccc2)nc2ccccc21. The van der Waals surface area contributed by atoms with Crippen molar-refractivity contribution in [1.29, 1.82) is 0 Å². The minimum absolute atomic E-state index is 0.266. The summed E-state index contributed by atoms with van der Waals surface area (Å²) in [5.74, 6) is 1.25. The maximum atomic E-state index is 13.0. The standard InChI is InChI=1S/C23H27N3O/c1-25-21-13-6-5-12-20(21)24-22(25)14-15-23(27)26-16-8-7-11-19(26)17-18-9-3-2-4-10-18/h2-6,9-10,12-13,19H,7-8,11,14-17H2,1H3. The number of rotatable bonds is 5. The normalized spacial score (nSPS) is 17.4. The van der Waals surface area contributed by atoms with E-state index < -0.39 is 0 Å². The van der Waals surface area contributed by atoms with Crippen molar-refractivity contribution in [1.82, 2.24) is 14.5 Å². The minimum atomic E-state index is 0.266. The zero-order valence-corrected chi connectivity index (χ0v) is 16.0. The number of carbonyl (C=O) groups is 1. The van der Waals surface area contributed by atoms with Gasteiger partial charge in [-0.2, -0.15) is 0 Å². The molecule has 1 amide bonds. The van der Waals surface area contributed by atoms with Crippen LogP contribution in [-0.2, 0) is 24.7 Å². The number of imidazole rings is 1. The molecule has 1 aliphatic heterocycles. The highest BCUT2D eigenvalue weighted by Crippen LogP contribution is 2.22. The Hall–Kier alpha value is -2.62. The van der Waals surface area contributed by atoms with E-state index in [1.54, 1.807) is 0 Å². The van der Waals surface area contributed by atoms with E-state index in [4.69, 9.17) is 4.98 Å². The Morgan fingerprint density at radius 1 is 1.07 bits per heavy atom. The molecule has 0 bridgehead atoms. The molecule has 0 radical (unpaired) electrons. The van der Waals surface area contributed by atoms with Crippen molar-refractivity contribution in [3.63, 3.8) is 0 Å². The molecule has 4 nitrogen and oxygen atoms in total. The molecule has 1 aromatic heterocycles. The molecular weight excluding hydrogens is 334 g/mol. The van der Waals surface area contributed by atoms with Gasteiger partial charge in [-0.25, -0.2) is 4.98 Å². The van der Waals surface area contributed by atoms with Crippen LogP contribution >= 0.6 is 0 Å². The Morgan fingerprint density at radius 3 is 2.67 bits per heavy atom. The van der Waals surface area contributed by atoms with Gasteiger partial charge in [0.2, 0.25) is 5.91 Å². The maximum Gasteiger partial charge on any atom is 0.223 e. The van der Waals surface area contributed by atoms with E-state index in [2.05, 4.69) is 39.8 Å². The first-order valence-corrected chi connectivity index (χ1v) is 9.96. The first-order chi connectivity index (χ1) is 13.2. The fraction of sp³-hybridized carbons (Fsp3) is 0.391. The summed E-state index contributed by atoms with van der Waals surface area (Å²) in [6, 6.07) is 19.0. The third-order valence-electron chi connectivity index (χ3n) is 5.70. The van der Waals surface area contributed by atoms with Crippen LogP contribution in [0.2, 0.25) is 0 Å². The first kappa shape index (κ1) is 17.8. The summed E-state index contributed by atoms with van der Waals surface area (Å²) in [6.07, 6.45) is 5.61. The third-order valence-corrected chi connectivity index (χ3v) is 5.70. The smallest absolute Gasteiger partial charge is 0.223 e. The largest absolute Gasteiger partial charge is 0.339 e. The van der Waals surface area contributed by atoms with Gasteiger partial charge in [0.15, 0.2) is 0 Å². The molecule has 2 aromatic carbocycles. The summed E-state index contributed by atoms with van der Waals surface area (Å²) in [4.78, 5) is 19.8. The number of piperidine rings is 1.